The zero-order valence-electron chi connectivity index (χ0n) is 26.0. The van der Waals surface area contributed by atoms with E-state index in [-0.39, 0.29) is 29.9 Å². The van der Waals surface area contributed by atoms with E-state index >= 15 is 0 Å². The topological polar surface area (TPSA) is 114 Å². The summed E-state index contributed by atoms with van der Waals surface area (Å²) in [7, 11) is -2.07. The number of hydrogen-bond acceptors (Lipinski definition) is 7. The first-order chi connectivity index (χ1) is 21.8. The molecule has 4 rings (SSSR count). The van der Waals surface area contributed by atoms with E-state index in [1.807, 2.05) is 54.6 Å². The van der Waals surface area contributed by atoms with Gasteiger partial charge in [0.25, 0.3) is 5.91 Å². The molecule has 0 saturated carbocycles. The molecule has 0 spiro atoms. The van der Waals surface area contributed by atoms with Crippen LogP contribution in [0.2, 0.25) is 0 Å². The van der Waals surface area contributed by atoms with Crippen molar-refractivity contribution in [2.24, 2.45) is 0 Å². The van der Waals surface area contributed by atoms with Crippen molar-refractivity contribution in [1.29, 1.82) is 0 Å². The van der Waals surface area contributed by atoms with E-state index in [0.29, 0.717) is 50.8 Å². The first-order valence-electron chi connectivity index (χ1n) is 15.4. The van der Waals surface area contributed by atoms with Crippen LogP contribution in [0.5, 0.6) is 11.5 Å². The van der Waals surface area contributed by atoms with Gasteiger partial charge in [-0.1, -0.05) is 62.2 Å². The highest BCUT2D eigenvalue weighted by molar-refractivity contribution is 7.89. The molecule has 1 saturated heterocycles. The zero-order valence-corrected chi connectivity index (χ0v) is 26.8. The number of rotatable bonds is 16. The summed E-state index contributed by atoms with van der Waals surface area (Å²) >= 11 is 0. The van der Waals surface area contributed by atoms with E-state index in [1.54, 1.807) is 12.0 Å². The number of methoxy groups -OCH3 is 1. The van der Waals surface area contributed by atoms with E-state index < -0.39 is 16.1 Å². The fourth-order valence-electron chi connectivity index (χ4n) is 5.06. The summed E-state index contributed by atoms with van der Waals surface area (Å²) in [4.78, 5) is 29.2. The number of morpholine rings is 1. The summed E-state index contributed by atoms with van der Waals surface area (Å²) < 4.78 is 43.8. The Kier molecular flexibility index (Phi) is 12.8. The lowest BCUT2D eigenvalue weighted by atomic mass is 10.0. The number of nitrogens with one attached hydrogen (secondary N) is 1. The molecule has 11 heteroatoms. The summed E-state index contributed by atoms with van der Waals surface area (Å²) in [5, 5.41) is 3.04. The highest BCUT2D eigenvalue weighted by Gasteiger charge is 2.31. The molecule has 1 heterocycles. The Balaban J connectivity index is 1.53. The molecule has 0 aliphatic carbocycles. The molecule has 1 N–H and O–H groups in total. The minimum Gasteiger partial charge on any atom is -0.497 e. The fraction of sp³-hybridized carbons (Fsp3) is 0.412. The molecule has 0 bridgehead atoms. The lowest BCUT2D eigenvalue weighted by molar-refractivity contribution is -0.142. The molecular formula is C34H43N3O7S. The minimum atomic E-state index is -3.66. The molecular weight excluding hydrogens is 594 g/mol. The van der Waals surface area contributed by atoms with Gasteiger partial charge in [-0.15, -0.1) is 0 Å². The average molecular weight is 638 g/mol. The maximum Gasteiger partial charge on any atom is 0.261 e. The predicted octanol–water partition coefficient (Wildman–Crippen LogP) is 4.04. The van der Waals surface area contributed by atoms with Crippen molar-refractivity contribution in [2.45, 2.75) is 50.1 Å². The van der Waals surface area contributed by atoms with Gasteiger partial charge in [0, 0.05) is 32.6 Å². The van der Waals surface area contributed by atoms with Gasteiger partial charge in [0.1, 0.15) is 17.5 Å². The summed E-state index contributed by atoms with van der Waals surface area (Å²) in [5.41, 5.74) is 1.76. The number of unbranched alkanes of at least 4 members (excludes halogenated alkanes) is 2. The molecule has 45 heavy (non-hydrogen) atoms. The van der Waals surface area contributed by atoms with Crippen LogP contribution in [0, 0.1) is 0 Å². The molecule has 0 radical (unpaired) electrons. The number of amides is 2. The van der Waals surface area contributed by atoms with Crippen LogP contribution >= 0.6 is 0 Å². The van der Waals surface area contributed by atoms with E-state index in [9.17, 15) is 18.0 Å². The van der Waals surface area contributed by atoms with Crippen molar-refractivity contribution in [3.05, 3.63) is 90.0 Å². The smallest absolute Gasteiger partial charge is 0.261 e. The van der Waals surface area contributed by atoms with Crippen molar-refractivity contribution < 1.29 is 32.2 Å². The van der Waals surface area contributed by atoms with Crippen molar-refractivity contribution >= 4 is 21.8 Å². The Hall–Kier alpha value is -3.93. The highest BCUT2D eigenvalue weighted by Crippen LogP contribution is 2.22. The Morgan fingerprint density at radius 1 is 0.911 bits per heavy atom. The minimum absolute atomic E-state index is 0.145. The molecule has 1 aliphatic heterocycles. The third-order valence-corrected chi connectivity index (χ3v) is 9.57. The lowest BCUT2D eigenvalue weighted by Gasteiger charge is -2.31. The van der Waals surface area contributed by atoms with Crippen LogP contribution in [-0.4, -0.2) is 82.0 Å². The molecule has 242 valence electrons. The van der Waals surface area contributed by atoms with Gasteiger partial charge in [0.05, 0.1) is 25.2 Å². The number of ether oxygens (including phenoxy) is 3. The number of nitrogens with zero attached hydrogens (tertiary/aromatic N) is 2. The zero-order chi connectivity index (χ0) is 32.1. The van der Waals surface area contributed by atoms with Gasteiger partial charge < -0.3 is 24.4 Å². The summed E-state index contributed by atoms with van der Waals surface area (Å²) in [5.74, 6) is 0.431. The molecule has 1 aliphatic rings. The van der Waals surface area contributed by atoms with Gasteiger partial charge in [-0.2, -0.15) is 4.31 Å². The molecule has 0 unspecified atom stereocenters. The van der Waals surface area contributed by atoms with Gasteiger partial charge in [-0.3, -0.25) is 9.59 Å². The van der Waals surface area contributed by atoms with Crippen molar-refractivity contribution in [1.82, 2.24) is 14.5 Å². The number of sulfonamides is 1. The maximum atomic E-state index is 13.9. The molecule has 1 atom stereocenters. The number of carbonyl (C=O) groups excluding carboxylic acids is 2. The molecule has 2 amide bonds. The fourth-order valence-corrected chi connectivity index (χ4v) is 6.47. The first-order valence-corrected chi connectivity index (χ1v) is 16.8. The van der Waals surface area contributed by atoms with E-state index in [0.717, 1.165) is 30.4 Å². The van der Waals surface area contributed by atoms with Crippen molar-refractivity contribution in [3.63, 3.8) is 0 Å². The number of benzene rings is 3. The Labute approximate surface area is 266 Å². The quantitative estimate of drug-likeness (QED) is 0.236. The maximum absolute atomic E-state index is 13.9. The second-order valence-corrected chi connectivity index (χ2v) is 12.8. The van der Waals surface area contributed by atoms with E-state index in [2.05, 4.69) is 12.2 Å². The predicted molar refractivity (Wildman–Crippen MR) is 172 cm³/mol. The number of carbonyl (C=O) groups is 2. The summed E-state index contributed by atoms with van der Waals surface area (Å²) in [6, 6.07) is 22.2. The van der Waals surface area contributed by atoms with Gasteiger partial charge in [0.15, 0.2) is 6.61 Å². The number of hydrogen-bond donors (Lipinski definition) is 1. The molecule has 0 aromatic heterocycles. The first kappa shape index (κ1) is 34.0. The standard InChI is InChI=1S/C34H43N3O7S/c1-3-4-8-19-35-34(39)32(24-27-9-6-5-7-10-27)37(25-28-11-13-29(42-2)14-12-28)33(38)26-44-30-15-17-31(18-16-30)45(40,41)36-20-22-43-23-21-36/h5-7,9-18,32H,3-4,8,19-26H2,1-2H3,(H,35,39)/t32-/m0/s1. The van der Waals surface area contributed by atoms with Crippen LogP contribution in [0.25, 0.3) is 0 Å². The Morgan fingerprint density at radius 3 is 2.22 bits per heavy atom. The van der Waals surface area contributed by atoms with Gasteiger partial charge in [0.2, 0.25) is 15.9 Å². The Bertz CT molecular complexity index is 1460. The van der Waals surface area contributed by atoms with E-state index in [1.165, 1.54) is 28.6 Å². The van der Waals surface area contributed by atoms with Crippen LogP contribution < -0.4 is 14.8 Å². The van der Waals surface area contributed by atoms with Gasteiger partial charge in [-0.05, 0) is 53.9 Å². The SMILES string of the molecule is CCCCCNC(=O)[C@H](Cc1ccccc1)N(Cc1ccc(OC)cc1)C(=O)COc1ccc(S(=O)(=O)N2CCOCC2)cc1. The summed E-state index contributed by atoms with van der Waals surface area (Å²) in [6.07, 6.45) is 3.21. The largest absolute Gasteiger partial charge is 0.497 e. The normalized spacial score (nSPS) is 14.4. The third kappa shape index (κ3) is 9.78. The summed E-state index contributed by atoms with van der Waals surface area (Å²) in [6.45, 7) is 3.80. The van der Waals surface area contributed by atoms with Crippen molar-refractivity contribution in [3.8, 4) is 11.5 Å². The third-order valence-electron chi connectivity index (χ3n) is 7.66. The highest BCUT2D eigenvalue weighted by atomic mass is 32.2. The van der Waals surface area contributed by atoms with Gasteiger partial charge in [-0.25, -0.2) is 8.42 Å². The molecule has 3 aromatic rings. The molecule has 3 aromatic carbocycles. The van der Waals surface area contributed by atoms with Crippen LogP contribution in [0.3, 0.4) is 0 Å². The monoisotopic (exact) mass is 637 g/mol. The lowest BCUT2D eigenvalue weighted by Crippen LogP contribution is -2.51. The molecule has 10 nitrogen and oxygen atoms in total. The van der Waals surface area contributed by atoms with Crippen LogP contribution in [0.1, 0.15) is 37.3 Å². The second-order valence-electron chi connectivity index (χ2n) is 10.8. The molecule has 1 fully saturated rings. The van der Waals surface area contributed by atoms with Gasteiger partial charge >= 0.3 is 0 Å². The Morgan fingerprint density at radius 2 is 1.58 bits per heavy atom. The van der Waals surface area contributed by atoms with E-state index in [4.69, 9.17) is 14.2 Å². The second kappa shape index (κ2) is 17.0. The average Bonchev–Trinajstić information content (AvgIpc) is 3.08. The van der Waals surface area contributed by atoms with Crippen LogP contribution in [0.15, 0.2) is 83.8 Å². The van der Waals surface area contributed by atoms with Crippen LogP contribution in [-0.2, 0) is 37.3 Å². The van der Waals surface area contributed by atoms with Crippen molar-refractivity contribution in [2.75, 3.05) is 46.6 Å². The van der Waals surface area contributed by atoms with Crippen LogP contribution in [0.4, 0.5) is 0 Å².